The predicted octanol–water partition coefficient (Wildman–Crippen LogP) is 2.94. The van der Waals surface area contributed by atoms with Gasteiger partial charge in [-0.25, -0.2) is 4.79 Å². The molecule has 1 aromatic carbocycles. The van der Waals surface area contributed by atoms with E-state index in [9.17, 15) is 9.59 Å². The van der Waals surface area contributed by atoms with E-state index in [-0.39, 0.29) is 17.7 Å². The maximum Gasteiger partial charge on any atom is 0.317 e. The van der Waals surface area contributed by atoms with Crippen molar-refractivity contribution in [2.75, 3.05) is 26.7 Å². The number of piperidine rings is 1. The van der Waals surface area contributed by atoms with Crippen LogP contribution >= 0.6 is 0 Å². The standard InChI is InChI=1S/C21H25N3O3/c1-27-18-8-4-6-16(14-18)10-12-23-21(26)24-13-5-7-17(15-24)20(25)19-9-2-3-11-22-19/h2-4,6,8-9,11,14,17H,5,7,10,12-13,15H2,1H3,(H,23,26)/t17-/m1/s1. The summed E-state index contributed by atoms with van der Waals surface area (Å²) in [6.45, 7) is 1.67. The Hall–Kier alpha value is -2.89. The molecule has 2 aromatic rings. The molecule has 2 heterocycles. The van der Waals surface area contributed by atoms with Gasteiger partial charge >= 0.3 is 6.03 Å². The van der Waals surface area contributed by atoms with Gasteiger partial charge in [-0.05, 0) is 49.1 Å². The van der Waals surface area contributed by atoms with Gasteiger partial charge in [-0.3, -0.25) is 9.78 Å². The minimum Gasteiger partial charge on any atom is -0.497 e. The predicted molar refractivity (Wildman–Crippen MR) is 103 cm³/mol. The molecular formula is C21H25N3O3. The third kappa shape index (κ3) is 5.06. The minimum absolute atomic E-state index is 0.0180. The quantitative estimate of drug-likeness (QED) is 0.797. The molecule has 142 valence electrons. The van der Waals surface area contributed by atoms with Crippen LogP contribution in [0.4, 0.5) is 4.79 Å². The van der Waals surface area contributed by atoms with Crippen molar-refractivity contribution in [1.82, 2.24) is 15.2 Å². The van der Waals surface area contributed by atoms with Crippen molar-refractivity contribution in [2.24, 2.45) is 5.92 Å². The van der Waals surface area contributed by atoms with Gasteiger partial charge in [0.25, 0.3) is 0 Å². The normalized spacial score (nSPS) is 16.6. The Morgan fingerprint density at radius 2 is 2.15 bits per heavy atom. The fourth-order valence-electron chi connectivity index (χ4n) is 3.35. The Balaban J connectivity index is 1.50. The van der Waals surface area contributed by atoms with Crippen LogP contribution in [0, 0.1) is 5.92 Å². The Kier molecular flexibility index (Phi) is 6.41. The van der Waals surface area contributed by atoms with Crippen LogP contribution in [0.3, 0.4) is 0 Å². The van der Waals surface area contributed by atoms with Crippen LogP contribution in [-0.2, 0) is 6.42 Å². The van der Waals surface area contributed by atoms with E-state index >= 15 is 0 Å². The first-order valence-electron chi connectivity index (χ1n) is 9.28. The number of Topliss-reactive ketones (excluding diaryl/α,β-unsaturated/α-hetero) is 1. The molecule has 0 unspecified atom stereocenters. The van der Waals surface area contributed by atoms with Crippen molar-refractivity contribution in [3.8, 4) is 5.75 Å². The summed E-state index contributed by atoms with van der Waals surface area (Å²) in [4.78, 5) is 31.0. The number of hydrogen-bond donors (Lipinski definition) is 1. The van der Waals surface area contributed by atoms with Crippen molar-refractivity contribution in [2.45, 2.75) is 19.3 Å². The molecule has 3 rings (SSSR count). The highest BCUT2D eigenvalue weighted by Gasteiger charge is 2.29. The molecule has 0 aliphatic carbocycles. The number of nitrogens with one attached hydrogen (secondary N) is 1. The average Bonchev–Trinajstić information content (AvgIpc) is 2.74. The molecule has 1 aliphatic rings. The van der Waals surface area contributed by atoms with Gasteiger partial charge in [0, 0.05) is 31.7 Å². The smallest absolute Gasteiger partial charge is 0.317 e. The van der Waals surface area contributed by atoms with Crippen LogP contribution in [0.15, 0.2) is 48.7 Å². The number of carbonyl (C=O) groups is 2. The number of ether oxygens (including phenoxy) is 1. The number of benzene rings is 1. The zero-order chi connectivity index (χ0) is 19.1. The molecule has 1 saturated heterocycles. The van der Waals surface area contributed by atoms with E-state index in [0.29, 0.717) is 25.3 Å². The summed E-state index contributed by atoms with van der Waals surface area (Å²) >= 11 is 0. The zero-order valence-corrected chi connectivity index (χ0v) is 15.6. The topological polar surface area (TPSA) is 71.5 Å². The lowest BCUT2D eigenvalue weighted by atomic mass is 9.92. The molecular weight excluding hydrogens is 342 g/mol. The third-order valence-electron chi connectivity index (χ3n) is 4.82. The number of amides is 2. The molecule has 27 heavy (non-hydrogen) atoms. The van der Waals surface area contributed by atoms with Gasteiger partial charge in [0.15, 0.2) is 5.78 Å². The van der Waals surface area contributed by atoms with E-state index < -0.39 is 0 Å². The van der Waals surface area contributed by atoms with Gasteiger partial charge in [0.05, 0.1) is 7.11 Å². The summed E-state index contributed by atoms with van der Waals surface area (Å²) in [6.07, 6.45) is 3.97. The third-order valence-corrected chi connectivity index (χ3v) is 4.82. The zero-order valence-electron chi connectivity index (χ0n) is 15.6. The summed E-state index contributed by atoms with van der Waals surface area (Å²) in [5.74, 6) is 0.646. The number of aromatic nitrogens is 1. The first kappa shape index (κ1) is 18.9. The molecule has 6 nitrogen and oxygen atoms in total. The first-order valence-corrected chi connectivity index (χ1v) is 9.28. The molecule has 1 atom stereocenters. The van der Waals surface area contributed by atoms with Gasteiger partial charge < -0.3 is 15.0 Å². The summed E-state index contributed by atoms with van der Waals surface area (Å²) in [6, 6.07) is 13.0. The Morgan fingerprint density at radius 3 is 2.93 bits per heavy atom. The Bertz CT molecular complexity index is 779. The lowest BCUT2D eigenvalue weighted by Crippen LogP contribution is -2.47. The molecule has 1 aromatic heterocycles. The number of pyridine rings is 1. The Morgan fingerprint density at radius 1 is 1.26 bits per heavy atom. The van der Waals surface area contributed by atoms with Crippen molar-refractivity contribution in [1.29, 1.82) is 0 Å². The van der Waals surface area contributed by atoms with Gasteiger partial charge in [0.1, 0.15) is 11.4 Å². The van der Waals surface area contributed by atoms with E-state index in [0.717, 1.165) is 30.6 Å². The molecule has 0 bridgehead atoms. The number of carbonyl (C=O) groups excluding carboxylic acids is 2. The van der Waals surface area contributed by atoms with E-state index in [1.807, 2.05) is 30.3 Å². The highest BCUT2D eigenvalue weighted by Crippen LogP contribution is 2.20. The van der Waals surface area contributed by atoms with Crippen LogP contribution in [0.5, 0.6) is 5.75 Å². The molecule has 0 spiro atoms. The number of ketones is 1. The molecule has 6 heteroatoms. The van der Waals surface area contributed by atoms with Gasteiger partial charge in [-0.15, -0.1) is 0 Å². The second kappa shape index (κ2) is 9.16. The summed E-state index contributed by atoms with van der Waals surface area (Å²) < 4.78 is 5.22. The SMILES string of the molecule is COc1cccc(CCNC(=O)N2CCC[C@@H](C(=O)c3ccccn3)C2)c1. The van der Waals surface area contributed by atoms with Crippen LogP contribution in [0.25, 0.3) is 0 Å². The summed E-state index contributed by atoms with van der Waals surface area (Å²) in [5, 5.41) is 2.96. The van der Waals surface area contributed by atoms with E-state index in [1.165, 1.54) is 0 Å². The minimum atomic E-state index is -0.183. The van der Waals surface area contributed by atoms with Gasteiger partial charge in [-0.1, -0.05) is 18.2 Å². The van der Waals surface area contributed by atoms with Crippen molar-refractivity contribution >= 4 is 11.8 Å². The maximum atomic E-state index is 12.6. The lowest BCUT2D eigenvalue weighted by molar-refractivity contribution is 0.0840. The highest BCUT2D eigenvalue weighted by molar-refractivity contribution is 5.96. The van der Waals surface area contributed by atoms with Crippen LogP contribution in [0.2, 0.25) is 0 Å². The number of rotatable bonds is 6. The van der Waals surface area contributed by atoms with Crippen LogP contribution < -0.4 is 10.1 Å². The average molecular weight is 367 g/mol. The maximum absolute atomic E-state index is 12.6. The summed E-state index contributed by atoms with van der Waals surface area (Å²) in [5.41, 5.74) is 1.58. The van der Waals surface area contributed by atoms with Crippen LogP contribution in [-0.4, -0.2) is 48.4 Å². The largest absolute Gasteiger partial charge is 0.497 e. The molecule has 2 amide bonds. The number of nitrogens with zero attached hydrogens (tertiary/aromatic N) is 2. The molecule has 1 fully saturated rings. The van der Waals surface area contributed by atoms with E-state index in [2.05, 4.69) is 10.3 Å². The van der Waals surface area contributed by atoms with E-state index in [1.54, 1.807) is 30.3 Å². The molecule has 0 radical (unpaired) electrons. The number of likely N-dealkylation sites (tertiary alicyclic amines) is 1. The van der Waals surface area contributed by atoms with Gasteiger partial charge in [-0.2, -0.15) is 0 Å². The fraction of sp³-hybridized carbons (Fsp3) is 0.381. The van der Waals surface area contributed by atoms with Crippen molar-refractivity contribution in [3.05, 3.63) is 59.9 Å². The van der Waals surface area contributed by atoms with Gasteiger partial charge in [0.2, 0.25) is 0 Å². The lowest BCUT2D eigenvalue weighted by Gasteiger charge is -2.32. The summed E-state index contributed by atoms with van der Waals surface area (Å²) in [7, 11) is 1.64. The molecule has 0 saturated carbocycles. The fourth-order valence-corrected chi connectivity index (χ4v) is 3.35. The molecule has 1 N–H and O–H groups in total. The number of hydrogen-bond acceptors (Lipinski definition) is 4. The van der Waals surface area contributed by atoms with Crippen LogP contribution in [0.1, 0.15) is 28.9 Å². The number of urea groups is 1. The first-order chi connectivity index (χ1) is 13.2. The second-order valence-electron chi connectivity index (χ2n) is 6.70. The highest BCUT2D eigenvalue weighted by atomic mass is 16.5. The van der Waals surface area contributed by atoms with Crippen molar-refractivity contribution in [3.63, 3.8) is 0 Å². The Labute approximate surface area is 159 Å². The number of methoxy groups -OCH3 is 1. The molecule has 1 aliphatic heterocycles. The van der Waals surface area contributed by atoms with E-state index in [4.69, 9.17) is 4.74 Å². The monoisotopic (exact) mass is 367 g/mol. The second-order valence-corrected chi connectivity index (χ2v) is 6.70. The van der Waals surface area contributed by atoms with Crippen molar-refractivity contribution < 1.29 is 14.3 Å².